The number of amides is 1. The van der Waals surface area contributed by atoms with Gasteiger partial charge in [0.15, 0.2) is 5.96 Å². The van der Waals surface area contributed by atoms with Gasteiger partial charge in [-0.2, -0.15) is 8.78 Å². The average Bonchev–Trinajstić information content (AvgIpc) is 2.69. The van der Waals surface area contributed by atoms with E-state index >= 15 is 0 Å². The predicted octanol–water partition coefficient (Wildman–Crippen LogP) is 2.90. The van der Waals surface area contributed by atoms with Crippen LogP contribution in [0.4, 0.5) is 8.78 Å². The lowest BCUT2D eigenvalue weighted by molar-refractivity contribution is -0.0504. The molecule has 2 aromatic rings. The number of hydrogen-bond donors (Lipinski definition) is 3. The second-order valence-corrected chi connectivity index (χ2v) is 5.82. The fraction of sp³-hybridized carbons (Fsp3) is 0.300. The number of para-hydroxylation sites is 1. The molecule has 0 aliphatic heterocycles. The predicted molar refractivity (Wildman–Crippen MR) is 105 cm³/mol. The van der Waals surface area contributed by atoms with Crippen molar-refractivity contribution < 1.29 is 18.3 Å². The second-order valence-electron chi connectivity index (χ2n) is 5.82. The minimum Gasteiger partial charge on any atom is -0.434 e. The van der Waals surface area contributed by atoms with Gasteiger partial charge in [-0.3, -0.25) is 9.79 Å². The molecule has 0 spiro atoms. The van der Waals surface area contributed by atoms with E-state index in [0.717, 1.165) is 5.56 Å². The van der Waals surface area contributed by atoms with Gasteiger partial charge in [0.25, 0.3) is 5.91 Å². The smallest absolute Gasteiger partial charge is 0.387 e. The molecule has 0 aliphatic carbocycles. The largest absolute Gasteiger partial charge is 0.434 e. The van der Waals surface area contributed by atoms with E-state index in [0.29, 0.717) is 30.2 Å². The molecule has 0 unspecified atom stereocenters. The number of carbonyl (C=O) groups is 1. The molecule has 0 atom stereocenters. The molecule has 150 valence electrons. The summed E-state index contributed by atoms with van der Waals surface area (Å²) in [7, 11) is 1.62. The van der Waals surface area contributed by atoms with E-state index < -0.39 is 6.61 Å². The number of aliphatic imine (C=N–C) groups is 1. The lowest BCUT2D eigenvalue weighted by atomic mass is 10.1. The Hall–Kier alpha value is -3.16. The lowest BCUT2D eigenvalue weighted by Gasteiger charge is -2.14. The molecule has 0 radical (unpaired) electrons. The van der Waals surface area contributed by atoms with Gasteiger partial charge in [-0.25, -0.2) is 0 Å². The van der Waals surface area contributed by atoms with Crippen molar-refractivity contribution in [1.29, 1.82) is 0 Å². The highest BCUT2D eigenvalue weighted by Crippen LogP contribution is 2.19. The average molecular weight is 390 g/mol. The molecule has 6 nitrogen and oxygen atoms in total. The van der Waals surface area contributed by atoms with Crippen LogP contribution in [0.15, 0.2) is 53.5 Å². The normalized spacial score (nSPS) is 11.2. The van der Waals surface area contributed by atoms with Crippen molar-refractivity contribution >= 4 is 11.9 Å². The van der Waals surface area contributed by atoms with Crippen molar-refractivity contribution in [2.24, 2.45) is 4.99 Å². The Morgan fingerprint density at radius 3 is 2.36 bits per heavy atom. The number of alkyl halides is 2. The maximum Gasteiger partial charge on any atom is 0.387 e. The molecule has 0 aromatic heterocycles. The molecule has 0 fully saturated rings. The number of guanidine groups is 1. The van der Waals surface area contributed by atoms with Gasteiger partial charge in [-0.15, -0.1) is 0 Å². The zero-order valence-electron chi connectivity index (χ0n) is 15.8. The quantitative estimate of drug-likeness (QED) is 0.479. The van der Waals surface area contributed by atoms with E-state index in [4.69, 9.17) is 0 Å². The van der Waals surface area contributed by atoms with Crippen LogP contribution in [0.2, 0.25) is 0 Å². The van der Waals surface area contributed by atoms with E-state index in [1.807, 2.05) is 19.1 Å². The molecule has 28 heavy (non-hydrogen) atoms. The maximum atomic E-state index is 12.5. The Kier molecular flexibility index (Phi) is 8.20. The summed E-state index contributed by atoms with van der Waals surface area (Å²) in [5, 5.41) is 8.95. The van der Waals surface area contributed by atoms with Crippen LogP contribution >= 0.6 is 0 Å². The first-order valence-corrected chi connectivity index (χ1v) is 8.87. The molecular formula is C20H24F2N4O2. The number of ether oxygens (including phenoxy) is 1. The molecule has 8 heteroatoms. The Balaban J connectivity index is 1.89. The minimum atomic E-state index is -2.87. The van der Waals surface area contributed by atoms with Gasteiger partial charge in [0.1, 0.15) is 5.75 Å². The molecule has 0 aliphatic rings. The first-order chi connectivity index (χ1) is 13.5. The number of carbonyl (C=O) groups excluding carboxylic acids is 1. The minimum absolute atomic E-state index is 0.107. The third kappa shape index (κ3) is 6.53. The van der Waals surface area contributed by atoms with Gasteiger partial charge >= 0.3 is 6.61 Å². The van der Waals surface area contributed by atoms with E-state index in [9.17, 15) is 13.6 Å². The van der Waals surface area contributed by atoms with E-state index in [1.165, 1.54) is 6.07 Å². The van der Waals surface area contributed by atoms with E-state index in [1.54, 1.807) is 37.4 Å². The molecule has 1 amide bonds. The summed E-state index contributed by atoms with van der Waals surface area (Å²) in [6.07, 6.45) is 0. The van der Waals surface area contributed by atoms with Crippen LogP contribution in [0.5, 0.6) is 5.75 Å². The molecule has 0 heterocycles. The summed E-state index contributed by atoms with van der Waals surface area (Å²) >= 11 is 0. The van der Waals surface area contributed by atoms with E-state index in [-0.39, 0.29) is 18.2 Å². The zero-order valence-corrected chi connectivity index (χ0v) is 15.8. The fourth-order valence-corrected chi connectivity index (χ4v) is 2.48. The van der Waals surface area contributed by atoms with Crippen molar-refractivity contribution in [1.82, 2.24) is 16.0 Å². The van der Waals surface area contributed by atoms with Crippen LogP contribution in [0, 0.1) is 0 Å². The third-order valence-corrected chi connectivity index (χ3v) is 3.87. The summed E-state index contributed by atoms with van der Waals surface area (Å²) in [6.45, 7) is 0.340. The number of rotatable bonds is 8. The third-order valence-electron chi connectivity index (χ3n) is 3.87. The molecular weight excluding hydrogens is 366 g/mol. The highest BCUT2D eigenvalue weighted by molar-refractivity contribution is 5.94. The number of nitrogens with one attached hydrogen (secondary N) is 3. The van der Waals surface area contributed by atoms with E-state index in [2.05, 4.69) is 25.7 Å². The lowest BCUT2D eigenvalue weighted by Crippen LogP contribution is -2.36. The van der Waals surface area contributed by atoms with Gasteiger partial charge < -0.3 is 20.7 Å². The van der Waals surface area contributed by atoms with Crippen LogP contribution in [0.3, 0.4) is 0 Å². The number of benzene rings is 2. The SMILES string of the molecule is CCNC(=O)c1ccc(CNC(=NC)NCc2ccccc2OC(F)F)cc1. The second kappa shape index (κ2) is 10.9. The monoisotopic (exact) mass is 390 g/mol. The Labute approximate surface area is 163 Å². The van der Waals surface area contributed by atoms with Gasteiger partial charge in [0, 0.05) is 37.8 Å². The van der Waals surface area contributed by atoms with Crippen LogP contribution in [0.25, 0.3) is 0 Å². The number of halogens is 2. The van der Waals surface area contributed by atoms with Crippen molar-refractivity contribution in [3.8, 4) is 5.75 Å². The molecule has 0 bridgehead atoms. The molecule has 3 N–H and O–H groups in total. The van der Waals surface area contributed by atoms with Gasteiger partial charge in [0.05, 0.1) is 0 Å². The molecule has 2 aromatic carbocycles. The van der Waals surface area contributed by atoms with Gasteiger partial charge in [-0.05, 0) is 30.7 Å². The summed E-state index contributed by atoms with van der Waals surface area (Å²) in [4.78, 5) is 15.9. The summed E-state index contributed by atoms with van der Waals surface area (Å²) in [6, 6.07) is 13.8. The molecule has 2 rings (SSSR count). The van der Waals surface area contributed by atoms with Crippen LogP contribution in [-0.4, -0.2) is 32.1 Å². The summed E-state index contributed by atoms with van der Waals surface area (Å²) in [5.41, 5.74) is 2.17. The maximum absolute atomic E-state index is 12.5. The van der Waals surface area contributed by atoms with Crippen molar-refractivity contribution in [3.63, 3.8) is 0 Å². The molecule has 0 saturated carbocycles. The van der Waals surface area contributed by atoms with Gasteiger partial charge in [0.2, 0.25) is 0 Å². The van der Waals surface area contributed by atoms with Gasteiger partial charge in [-0.1, -0.05) is 30.3 Å². The first kappa shape index (κ1) is 21.1. The standard InChI is InChI=1S/C20H24F2N4O2/c1-3-24-18(27)15-10-8-14(9-11-15)12-25-20(23-2)26-13-16-6-4-5-7-17(16)28-19(21)22/h4-11,19H,3,12-13H2,1-2H3,(H,24,27)(H2,23,25,26). The van der Waals surface area contributed by atoms with Crippen LogP contribution < -0.4 is 20.7 Å². The van der Waals surface area contributed by atoms with Crippen LogP contribution in [-0.2, 0) is 13.1 Å². The Morgan fingerprint density at radius 1 is 1.04 bits per heavy atom. The Bertz CT molecular complexity index is 795. The molecule has 0 saturated heterocycles. The van der Waals surface area contributed by atoms with Crippen LogP contribution in [0.1, 0.15) is 28.4 Å². The summed E-state index contributed by atoms with van der Waals surface area (Å²) < 4.78 is 29.5. The fourth-order valence-electron chi connectivity index (χ4n) is 2.48. The van der Waals surface area contributed by atoms with Crippen molar-refractivity contribution in [2.45, 2.75) is 26.6 Å². The number of hydrogen-bond acceptors (Lipinski definition) is 3. The van der Waals surface area contributed by atoms with Crippen molar-refractivity contribution in [3.05, 3.63) is 65.2 Å². The first-order valence-electron chi connectivity index (χ1n) is 8.87. The van der Waals surface area contributed by atoms with Crippen molar-refractivity contribution in [2.75, 3.05) is 13.6 Å². The zero-order chi connectivity index (χ0) is 20.4. The Morgan fingerprint density at radius 2 is 1.71 bits per heavy atom. The topological polar surface area (TPSA) is 74.8 Å². The summed E-state index contributed by atoms with van der Waals surface area (Å²) in [5.74, 6) is 0.533. The highest BCUT2D eigenvalue weighted by Gasteiger charge is 2.09. The number of nitrogens with zero attached hydrogens (tertiary/aromatic N) is 1. The highest BCUT2D eigenvalue weighted by atomic mass is 19.3.